The fraction of sp³-hybridized carbons (Fsp3) is 0.316. The van der Waals surface area contributed by atoms with E-state index < -0.39 is 0 Å². The molecule has 1 atom stereocenters. The molecule has 0 radical (unpaired) electrons. The van der Waals surface area contributed by atoms with Gasteiger partial charge in [0, 0.05) is 19.0 Å². The molecule has 21 heavy (non-hydrogen) atoms. The maximum absolute atomic E-state index is 12.5. The summed E-state index contributed by atoms with van der Waals surface area (Å²) in [5.74, 6) is 0.498. The number of hydrogen-bond donors (Lipinski definition) is 0. The van der Waals surface area contributed by atoms with E-state index in [4.69, 9.17) is 0 Å². The molecule has 1 aliphatic rings. The Kier molecular flexibility index (Phi) is 4.34. The molecule has 0 aromatic heterocycles. The van der Waals surface area contributed by atoms with Crippen LogP contribution in [-0.4, -0.2) is 23.9 Å². The van der Waals surface area contributed by atoms with Crippen LogP contribution >= 0.6 is 0 Å². The Morgan fingerprint density at radius 2 is 1.52 bits per heavy atom. The van der Waals surface area contributed by atoms with Gasteiger partial charge in [0.1, 0.15) is 0 Å². The molecule has 2 heteroatoms. The Balaban J connectivity index is 1.54. The minimum atomic E-state index is 0.170. The van der Waals surface area contributed by atoms with E-state index in [0.717, 1.165) is 32.4 Å². The number of benzene rings is 2. The number of carbonyl (C=O) groups excluding carboxylic acids is 1. The molecule has 1 unspecified atom stereocenters. The van der Waals surface area contributed by atoms with Crippen LogP contribution in [0.2, 0.25) is 0 Å². The number of likely N-dealkylation sites (tertiary alicyclic amines) is 1. The summed E-state index contributed by atoms with van der Waals surface area (Å²) in [4.78, 5) is 14.5. The van der Waals surface area contributed by atoms with Crippen LogP contribution in [0.15, 0.2) is 60.7 Å². The van der Waals surface area contributed by atoms with Gasteiger partial charge in [-0.3, -0.25) is 4.79 Å². The van der Waals surface area contributed by atoms with Crippen molar-refractivity contribution >= 4 is 5.91 Å². The van der Waals surface area contributed by atoms with Gasteiger partial charge in [0.15, 0.2) is 0 Å². The molecule has 1 fully saturated rings. The lowest BCUT2D eigenvalue weighted by Gasteiger charge is -2.16. The molecule has 0 bridgehead atoms. The first-order chi connectivity index (χ1) is 10.3. The molecule has 3 rings (SSSR count). The second-order valence-corrected chi connectivity index (χ2v) is 5.74. The summed E-state index contributed by atoms with van der Waals surface area (Å²) in [6.45, 7) is 1.75. The average molecular weight is 279 g/mol. The lowest BCUT2D eigenvalue weighted by Crippen LogP contribution is -2.30. The van der Waals surface area contributed by atoms with Crippen LogP contribution in [0.3, 0.4) is 0 Å². The van der Waals surface area contributed by atoms with Crippen molar-refractivity contribution in [1.82, 2.24) is 4.90 Å². The topological polar surface area (TPSA) is 20.3 Å². The van der Waals surface area contributed by atoms with E-state index in [2.05, 4.69) is 36.4 Å². The Morgan fingerprint density at radius 3 is 2.19 bits per heavy atom. The van der Waals surface area contributed by atoms with Gasteiger partial charge in [-0.1, -0.05) is 60.7 Å². The summed E-state index contributed by atoms with van der Waals surface area (Å²) in [5.41, 5.74) is 2.57. The van der Waals surface area contributed by atoms with Crippen molar-refractivity contribution in [3.8, 4) is 0 Å². The second kappa shape index (κ2) is 6.57. The van der Waals surface area contributed by atoms with Crippen LogP contribution < -0.4 is 0 Å². The van der Waals surface area contributed by atoms with Crippen LogP contribution in [0.5, 0.6) is 0 Å². The maximum atomic E-state index is 12.5. The molecule has 0 N–H and O–H groups in total. The van der Waals surface area contributed by atoms with Crippen LogP contribution in [-0.2, 0) is 17.6 Å². The number of carbonyl (C=O) groups is 1. The smallest absolute Gasteiger partial charge is 0.226 e. The van der Waals surface area contributed by atoms with Crippen LogP contribution in [0.4, 0.5) is 0 Å². The summed E-state index contributed by atoms with van der Waals surface area (Å²) in [6, 6.07) is 20.7. The zero-order chi connectivity index (χ0) is 14.5. The average Bonchev–Trinajstić information content (AvgIpc) is 2.88. The van der Waals surface area contributed by atoms with Gasteiger partial charge >= 0.3 is 0 Å². The number of amides is 1. The molecule has 2 aromatic rings. The predicted molar refractivity (Wildman–Crippen MR) is 85.0 cm³/mol. The maximum Gasteiger partial charge on any atom is 0.226 e. The van der Waals surface area contributed by atoms with Crippen molar-refractivity contribution in [3.05, 3.63) is 71.8 Å². The molecule has 0 saturated carbocycles. The van der Waals surface area contributed by atoms with Crippen LogP contribution in [0.1, 0.15) is 17.5 Å². The van der Waals surface area contributed by atoms with Gasteiger partial charge in [0.05, 0.1) is 0 Å². The molecule has 1 amide bonds. The molecule has 0 spiro atoms. The van der Waals surface area contributed by atoms with Gasteiger partial charge in [-0.15, -0.1) is 0 Å². The van der Waals surface area contributed by atoms with Crippen molar-refractivity contribution in [3.63, 3.8) is 0 Å². The lowest BCUT2D eigenvalue weighted by molar-refractivity contribution is -0.130. The van der Waals surface area contributed by atoms with E-state index >= 15 is 0 Å². The first-order valence-corrected chi connectivity index (χ1v) is 7.69. The fourth-order valence-electron chi connectivity index (χ4n) is 3.02. The van der Waals surface area contributed by atoms with E-state index in [9.17, 15) is 4.79 Å². The zero-order valence-electron chi connectivity index (χ0n) is 12.2. The van der Waals surface area contributed by atoms with Gasteiger partial charge in [-0.25, -0.2) is 0 Å². The van der Waals surface area contributed by atoms with Crippen molar-refractivity contribution in [2.24, 2.45) is 5.92 Å². The molecule has 0 aliphatic carbocycles. The Labute approximate surface area is 126 Å². The highest BCUT2D eigenvalue weighted by molar-refractivity contribution is 5.81. The molecular formula is C19H21NO. The fourth-order valence-corrected chi connectivity index (χ4v) is 3.02. The van der Waals surface area contributed by atoms with Crippen LogP contribution in [0, 0.1) is 5.92 Å². The summed E-state index contributed by atoms with van der Waals surface area (Å²) < 4.78 is 0. The summed E-state index contributed by atoms with van der Waals surface area (Å²) in [7, 11) is 0. The van der Waals surface area contributed by atoms with Gasteiger partial charge in [0.25, 0.3) is 0 Å². The summed E-state index contributed by atoms with van der Waals surface area (Å²) in [5, 5.41) is 0. The third kappa shape index (κ3) is 3.52. The Bertz CT molecular complexity index is 579. The molecule has 108 valence electrons. The Hall–Kier alpha value is -2.09. The quantitative estimate of drug-likeness (QED) is 0.822. The normalized spacial score (nSPS) is 18.2. The lowest BCUT2D eigenvalue weighted by atomic mass is 9.98. The first kappa shape index (κ1) is 13.9. The van der Waals surface area contributed by atoms with Crippen molar-refractivity contribution < 1.29 is 4.79 Å². The zero-order valence-corrected chi connectivity index (χ0v) is 12.2. The predicted octanol–water partition coefficient (Wildman–Crippen LogP) is 3.32. The monoisotopic (exact) mass is 279 g/mol. The number of hydrogen-bond acceptors (Lipinski definition) is 1. The highest BCUT2D eigenvalue weighted by atomic mass is 16.2. The number of nitrogens with zero attached hydrogens (tertiary/aromatic N) is 1. The minimum Gasteiger partial charge on any atom is -0.342 e. The van der Waals surface area contributed by atoms with Crippen LogP contribution in [0.25, 0.3) is 0 Å². The molecule has 1 heterocycles. The molecule has 1 saturated heterocycles. The molecular weight excluding hydrogens is 258 g/mol. The second-order valence-electron chi connectivity index (χ2n) is 5.74. The third-order valence-electron chi connectivity index (χ3n) is 4.25. The molecule has 2 nitrogen and oxygen atoms in total. The van der Waals surface area contributed by atoms with Gasteiger partial charge in [-0.05, 0) is 30.4 Å². The van der Waals surface area contributed by atoms with Gasteiger partial charge in [0.2, 0.25) is 5.91 Å². The molecule has 2 aromatic carbocycles. The van der Waals surface area contributed by atoms with E-state index in [1.165, 1.54) is 11.1 Å². The van der Waals surface area contributed by atoms with Gasteiger partial charge < -0.3 is 4.90 Å². The highest BCUT2D eigenvalue weighted by Gasteiger charge is 2.30. The van der Waals surface area contributed by atoms with E-state index in [0.29, 0.717) is 5.91 Å². The SMILES string of the molecule is O=C1C(Cc2ccccc2)CCN1CCc1ccccc1. The van der Waals surface area contributed by atoms with Crippen molar-refractivity contribution in [2.75, 3.05) is 13.1 Å². The van der Waals surface area contributed by atoms with E-state index in [1.54, 1.807) is 0 Å². The largest absolute Gasteiger partial charge is 0.342 e. The third-order valence-corrected chi connectivity index (χ3v) is 4.25. The Morgan fingerprint density at radius 1 is 0.905 bits per heavy atom. The standard InChI is InChI=1S/C19H21NO/c21-19-18(15-17-9-5-2-6-10-17)12-14-20(19)13-11-16-7-3-1-4-8-16/h1-10,18H,11-15H2. The van der Waals surface area contributed by atoms with E-state index in [-0.39, 0.29) is 5.92 Å². The van der Waals surface area contributed by atoms with E-state index in [1.807, 2.05) is 29.2 Å². The molecule has 1 aliphatic heterocycles. The highest BCUT2D eigenvalue weighted by Crippen LogP contribution is 2.22. The summed E-state index contributed by atoms with van der Waals surface area (Å²) >= 11 is 0. The summed E-state index contributed by atoms with van der Waals surface area (Å²) in [6.07, 6.45) is 2.81. The van der Waals surface area contributed by atoms with Crippen molar-refractivity contribution in [2.45, 2.75) is 19.3 Å². The van der Waals surface area contributed by atoms with Crippen molar-refractivity contribution in [1.29, 1.82) is 0 Å². The number of rotatable bonds is 5. The minimum absolute atomic E-state index is 0.170. The first-order valence-electron chi connectivity index (χ1n) is 7.69. The van der Waals surface area contributed by atoms with Gasteiger partial charge in [-0.2, -0.15) is 0 Å².